The highest BCUT2D eigenvalue weighted by Gasteiger charge is 2.50. The third kappa shape index (κ3) is 2.74. The Hall–Kier alpha value is -1.13. The maximum Gasteiger partial charge on any atom is 0.296 e. The monoisotopic (exact) mass is 320 g/mol. The van der Waals surface area contributed by atoms with Gasteiger partial charge in [0.15, 0.2) is 0 Å². The zero-order valence-corrected chi connectivity index (χ0v) is 14.3. The number of fused-ring (bicyclic) bond motifs is 1. The van der Waals surface area contributed by atoms with Crippen LogP contribution in [-0.2, 0) is 14.3 Å². The summed E-state index contributed by atoms with van der Waals surface area (Å²) in [5.74, 6) is 1.41. The minimum atomic E-state index is -3.64. The smallest absolute Gasteiger partial charge is 0.266 e. The highest BCUT2D eigenvalue weighted by Crippen LogP contribution is 2.59. The van der Waals surface area contributed by atoms with Gasteiger partial charge in [-0.3, -0.25) is 4.18 Å². The van der Waals surface area contributed by atoms with Crippen molar-refractivity contribution >= 4 is 10.1 Å². The first-order chi connectivity index (χ1) is 10.3. The molecule has 3 aliphatic rings. The predicted molar refractivity (Wildman–Crippen MR) is 87.0 cm³/mol. The number of hydrogen-bond acceptors (Lipinski definition) is 3. The first-order valence-corrected chi connectivity index (χ1v) is 9.36. The van der Waals surface area contributed by atoms with E-state index in [9.17, 15) is 8.42 Å². The van der Waals surface area contributed by atoms with Gasteiger partial charge in [-0.2, -0.15) is 8.42 Å². The number of allylic oxidation sites excluding steroid dienone is 1. The number of benzene rings is 1. The summed E-state index contributed by atoms with van der Waals surface area (Å²) in [6, 6.07) is 6.78. The summed E-state index contributed by atoms with van der Waals surface area (Å²) in [5, 5.41) is 0. The molecule has 1 aromatic carbocycles. The molecule has 120 valence electrons. The van der Waals surface area contributed by atoms with Gasteiger partial charge in [0.05, 0.1) is 11.5 Å². The second-order valence-electron chi connectivity index (χ2n) is 7.16. The zero-order valence-electron chi connectivity index (χ0n) is 13.5. The summed E-state index contributed by atoms with van der Waals surface area (Å²) in [6.07, 6.45) is 5.39. The largest absolute Gasteiger partial charge is 0.296 e. The first kappa shape index (κ1) is 15.8. The standard InChI is InChI=1S/C18H24O3S/c1-13-4-8-16(9-5-13)22(19,20)21-11-10-14-6-7-15-12-17(14)18(15,2)3/h4-6,8-9,15,17H,7,10-12H2,1-3H3/t15-,17-/m1/s1. The molecular weight excluding hydrogens is 296 g/mol. The van der Waals surface area contributed by atoms with E-state index in [2.05, 4.69) is 19.9 Å². The Bertz CT molecular complexity index is 684. The Morgan fingerprint density at radius 2 is 1.91 bits per heavy atom. The molecule has 1 fully saturated rings. The molecule has 0 aliphatic heterocycles. The van der Waals surface area contributed by atoms with Crippen LogP contribution in [-0.4, -0.2) is 15.0 Å². The lowest BCUT2D eigenvalue weighted by Gasteiger charge is -2.56. The Morgan fingerprint density at radius 3 is 2.50 bits per heavy atom. The SMILES string of the molecule is Cc1ccc(S(=O)(=O)OCCC2=CC[C@@H]3C[C@H]2C3(C)C)cc1. The second kappa shape index (κ2) is 5.50. The van der Waals surface area contributed by atoms with Gasteiger partial charge in [-0.25, -0.2) is 0 Å². The van der Waals surface area contributed by atoms with E-state index in [4.69, 9.17) is 4.18 Å². The molecule has 3 nitrogen and oxygen atoms in total. The highest BCUT2D eigenvalue weighted by molar-refractivity contribution is 7.86. The fraction of sp³-hybridized carbons (Fsp3) is 0.556. The van der Waals surface area contributed by atoms with Crippen molar-refractivity contribution in [2.45, 2.75) is 44.9 Å². The van der Waals surface area contributed by atoms with Gasteiger partial charge in [0.1, 0.15) is 0 Å². The maximum atomic E-state index is 12.2. The normalized spacial score (nSPS) is 26.2. The van der Waals surface area contributed by atoms with Crippen molar-refractivity contribution in [2.75, 3.05) is 6.61 Å². The highest BCUT2D eigenvalue weighted by atomic mass is 32.2. The summed E-state index contributed by atoms with van der Waals surface area (Å²) in [5.41, 5.74) is 2.79. The Balaban J connectivity index is 1.59. The molecule has 2 bridgehead atoms. The molecule has 0 saturated heterocycles. The fourth-order valence-corrected chi connectivity index (χ4v) is 4.71. The molecule has 2 atom stereocenters. The lowest BCUT2D eigenvalue weighted by Crippen LogP contribution is -2.48. The van der Waals surface area contributed by atoms with Crippen LogP contribution >= 0.6 is 0 Å². The van der Waals surface area contributed by atoms with Crippen molar-refractivity contribution in [3.8, 4) is 0 Å². The fourth-order valence-electron chi connectivity index (χ4n) is 3.80. The van der Waals surface area contributed by atoms with Gasteiger partial charge in [-0.05, 0) is 55.6 Å². The van der Waals surface area contributed by atoms with Gasteiger partial charge in [0.25, 0.3) is 10.1 Å². The van der Waals surface area contributed by atoms with Crippen LogP contribution in [0.25, 0.3) is 0 Å². The molecule has 4 heteroatoms. The van der Waals surface area contributed by atoms with Crippen LogP contribution in [0.4, 0.5) is 0 Å². The molecule has 0 unspecified atom stereocenters. The molecule has 0 amide bonds. The maximum absolute atomic E-state index is 12.2. The zero-order chi connectivity index (χ0) is 16.0. The van der Waals surface area contributed by atoms with E-state index in [0.717, 1.165) is 17.9 Å². The first-order valence-electron chi connectivity index (χ1n) is 7.96. The molecule has 22 heavy (non-hydrogen) atoms. The van der Waals surface area contributed by atoms with Crippen molar-refractivity contribution in [1.82, 2.24) is 0 Å². The quantitative estimate of drug-likeness (QED) is 0.606. The summed E-state index contributed by atoms with van der Waals surface area (Å²) in [7, 11) is -3.64. The molecule has 4 rings (SSSR count). The lowest BCUT2D eigenvalue weighted by molar-refractivity contribution is -0.00910. The van der Waals surface area contributed by atoms with Gasteiger partial charge in [-0.1, -0.05) is 43.2 Å². The Labute approximate surface area is 133 Å². The third-order valence-corrected chi connectivity index (χ3v) is 6.85. The summed E-state index contributed by atoms with van der Waals surface area (Å²) in [6.45, 7) is 6.81. The average Bonchev–Trinajstić information content (AvgIpc) is 2.47. The summed E-state index contributed by atoms with van der Waals surface area (Å²) < 4.78 is 29.5. The Morgan fingerprint density at radius 1 is 1.23 bits per heavy atom. The van der Waals surface area contributed by atoms with Crippen molar-refractivity contribution in [2.24, 2.45) is 17.3 Å². The predicted octanol–water partition coefficient (Wildman–Crippen LogP) is 4.08. The van der Waals surface area contributed by atoms with E-state index in [1.807, 2.05) is 6.92 Å². The van der Waals surface area contributed by atoms with Crippen LogP contribution in [0.1, 0.15) is 38.7 Å². The van der Waals surface area contributed by atoms with Crippen molar-refractivity contribution in [3.63, 3.8) is 0 Å². The van der Waals surface area contributed by atoms with E-state index in [1.54, 1.807) is 24.3 Å². The van der Waals surface area contributed by atoms with Crippen molar-refractivity contribution in [1.29, 1.82) is 0 Å². The number of hydrogen-bond donors (Lipinski definition) is 0. The van der Waals surface area contributed by atoms with Crippen LogP contribution < -0.4 is 0 Å². The van der Waals surface area contributed by atoms with Crippen LogP contribution in [0, 0.1) is 24.2 Å². The number of aryl methyl sites for hydroxylation is 1. The lowest BCUT2D eigenvalue weighted by atomic mass is 9.48. The van der Waals surface area contributed by atoms with Crippen molar-refractivity contribution < 1.29 is 12.6 Å². The van der Waals surface area contributed by atoms with E-state index < -0.39 is 10.1 Å². The number of rotatable bonds is 5. The van der Waals surface area contributed by atoms with E-state index in [-0.39, 0.29) is 11.5 Å². The van der Waals surface area contributed by atoms with Gasteiger partial charge in [-0.15, -0.1) is 0 Å². The van der Waals surface area contributed by atoms with Gasteiger partial charge < -0.3 is 0 Å². The molecule has 0 N–H and O–H groups in total. The molecule has 3 aliphatic carbocycles. The summed E-state index contributed by atoms with van der Waals surface area (Å²) >= 11 is 0. The molecule has 1 saturated carbocycles. The molecule has 0 aromatic heterocycles. The van der Waals surface area contributed by atoms with Gasteiger partial charge in [0.2, 0.25) is 0 Å². The molecule has 0 radical (unpaired) electrons. The molecule has 0 spiro atoms. The van der Waals surface area contributed by atoms with Gasteiger partial charge >= 0.3 is 0 Å². The molecule has 0 heterocycles. The molecule has 1 aromatic rings. The van der Waals surface area contributed by atoms with E-state index in [1.165, 1.54) is 12.0 Å². The van der Waals surface area contributed by atoms with Crippen molar-refractivity contribution in [3.05, 3.63) is 41.5 Å². The third-order valence-electron chi connectivity index (χ3n) is 5.52. The van der Waals surface area contributed by atoms with Gasteiger partial charge in [0, 0.05) is 0 Å². The van der Waals surface area contributed by atoms with E-state index >= 15 is 0 Å². The minimum Gasteiger partial charge on any atom is -0.266 e. The Kier molecular flexibility index (Phi) is 3.94. The van der Waals surface area contributed by atoms with Crippen LogP contribution in [0.2, 0.25) is 0 Å². The second-order valence-corrected chi connectivity index (χ2v) is 8.78. The average molecular weight is 320 g/mol. The minimum absolute atomic E-state index is 0.235. The van der Waals surface area contributed by atoms with E-state index in [0.29, 0.717) is 17.8 Å². The van der Waals surface area contributed by atoms with Crippen LogP contribution in [0.15, 0.2) is 40.8 Å². The van der Waals surface area contributed by atoms with Crippen LogP contribution in [0.3, 0.4) is 0 Å². The topological polar surface area (TPSA) is 43.4 Å². The molecular formula is C18H24O3S. The summed E-state index contributed by atoms with van der Waals surface area (Å²) in [4.78, 5) is 0.236. The van der Waals surface area contributed by atoms with Crippen LogP contribution in [0.5, 0.6) is 0 Å².